The van der Waals surface area contributed by atoms with Gasteiger partial charge in [-0.3, -0.25) is 0 Å². The third kappa shape index (κ3) is 2.19. The van der Waals surface area contributed by atoms with Crippen LogP contribution in [0.1, 0.15) is 11.1 Å². The molecule has 0 aliphatic heterocycles. The molecule has 82 valence electrons. The minimum atomic E-state index is -0.539. The standard InChI is InChI=1S/C13H12FNO/c1-9-5-3-6-11(10(9)2)16-13-8-4-7-12(14)15-13/h3-8H,1-2H3. The molecule has 0 spiro atoms. The average molecular weight is 217 g/mol. The van der Waals surface area contributed by atoms with Crippen LogP contribution >= 0.6 is 0 Å². The van der Waals surface area contributed by atoms with Gasteiger partial charge in [0.15, 0.2) is 0 Å². The highest BCUT2D eigenvalue weighted by atomic mass is 19.1. The number of aryl methyl sites for hydroxylation is 1. The number of rotatable bonds is 2. The molecule has 1 heterocycles. The first-order valence-electron chi connectivity index (χ1n) is 5.03. The average Bonchev–Trinajstić information content (AvgIpc) is 2.25. The van der Waals surface area contributed by atoms with E-state index < -0.39 is 5.95 Å². The zero-order chi connectivity index (χ0) is 11.5. The lowest BCUT2D eigenvalue weighted by Crippen LogP contribution is -1.93. The second-order valence-corrected chi connectivity index (χ2v) is 3.60. The number of benzene rings is 1. The molecule has 16 heavy (non-hydrogen) atoms. The van der Waals surface area contributed by atoms with Gasteiger partial charge in [0.05, 0.1) is 0 Å². The van der Waals surface area contributed by atoms with Gasteiger partial charge in [-0.15, -0.1) is 0 Å². The lowest BCUT2D eigenvalue weighted by molar-refractivity contribution is 0.442. The van der Waals surface area contributed by atoms with Crippen molar-refractivity contribution in [1.29, 1.82) is 0 Å². The molecule has 0 radical (unpaired) electrons. The molecule has 0 aliphatic rings. The van der Waals surface area contributed by atoms with Gasteiger partial charge in [-0.05, 0) is 37.1 Å². The summed E-state index contributed by atoms with van der Waals surface area (Å²) < 4.78 is 18.4. The highest BCUT2D eigenvalue weighted by Gasteiger charge is 2.04. The molecule has 3 heteroatoms. The Kier molecular flexibility index (Phi) is 2.86. The summed E-state index contributed by atoms with van der Waals surface area (Å²) in [6, 6.07) is 10.2. The highest BCUT2D eigenvalue weighted by molar-refractivity contribution is 5.40. The molecule has 0 saturated heterocycles. The van der Waals surface area contributed by atoms with Crippen molar-refractivity contribution < 1.29 is 9.13 Å². The number of halogens is 1. The molecule has 0 amide bonds. The van der Waals surface area contributed by atoms with Crippen molar-refractivity contribution in [3.8, 4) is 11.6 Å². The van der Waals surface area contributed by atoms with Gasteiger partial charge in [0, 0.05) is 6.07 Å². The molecule has 0 N–H and O–H groups in total. The van der Waals surface area contributed by atoms with Crippen LogP contribution in [0, 0.1) is 19.8 Å². The molecule has 0 saturated carbocycles. The molecule has 0 atom stereocenters. The minimum absolute atomic E-state index is 0.272. The van der Waals surface area contributed by atoms with Gasteiger partial charge < -0.3 is 4.74 Å². The Bertz CT molecular complexity index is 511. The van der Waals surface area contributed by atoms with Gasteiger partial charge in [0.2, 0.25) is 11.8 Å². The number of aromatic nitrogens is 1. The van der Waals surface area contributed by atoms with E-state index in [1.807, 2.05) is 32.0 Å². The Morgan fingerprint density at radius 2 is 1.81 bits per heavy atom. The molecule has 1 aromatic heterocycles. The molecular formula is C13H12FNO. The lowest BCUT2D eigenvalue weighted by Gasteiger charge is -2.09. The number of hydrogen-bond acceptors (Lipinski definition) is 2. The van der Waals surface area contributed by atoms with Crippen LogP contribution in [0.2, 0.25) is 0 Å². The smallest absolute Gasteiger partial charge is 0.221 e. The van der Waals surface area contributed by atoms with Gasteiger partial charge in [-0.25, -0.2) is 0 Å². The fourth-order valence-corrected chi connectivity index (χ4v) is 1.39. The molecule has 0 aliphatic carbocycles. The Morgan fingerprint density at radius 3 is 2.56 bits per heavy atom. The van der Waals surface area contributed by atoms with Crippen LogP contribution in [-0.4, -0.2) is 4.98 Å². The number of pyridine rings is 1. The summed E-state index contributed by atoms with van der Waals surface area (Å²) in [5, 5.41) is 0. The largest absolute Gasteiger partial charge is 0.439 e. The van der Waals surface area contributed by atoms with Crippen LogP contribution in [0.5, 0.6) is 11.6 Å². The fraction of sp³-hybridized carbons (Fsp3) is 0.154. The van der Waals surface area contributed by atoms with Crippen molar-refractivity contribution in [2.24, 2.45) is 0 Å². The zero-order valence-corrected chi connectivity index (χ0v) is 9.20. The summed E-state index contributed by atoms with van der Waals surface area (Å²) in [4.78, 5) is 3.65. The molecular weight excluding hydrogens is 205 g/mol. The molecule has 2 rings (SSSR count). The lowest BCUT2D eigenvalue weighted by atomic mass is 10.1. The first kappa shape index (κ1) is 10.6. The van der Waals surface area contributed by atoms with E-state index in [-0.39, 0.29) is 5.88 Å². The van der Waals surface area contributed by atoms with Gasteiger partial charge in [0.1, 0.15) is 5.75 Å². The van der Waals surface area contributed by atoms with E-state index >= 15 is 0 Å². The van der Waals surface area contributed by atoms with Crippen LogP contribution < -0.4 is 4.74 Å². The van der Waals surface area contributed by atoms with Crippen molar-refractivity contribution >= 4 is 0 Å². The number of nitrogens with zero attached hydrogens (tertiary/aromatic N) is 1. The molecule has 0 unspecified atom stereocenters. The summed E-state index contributed by atoms with van der Waals surface area (Å²) in [5.74, 6) is 0.439. The third-order valence-corrected chi connectivity index (χ3v) is 2.46. The zero-order valence-electron chi connectivity index (χ0n) is 9.20. The summed E-state index contributed by atoms with van der Waals surface area (Å²) in [6.45, 7) is 3.96. The highest BCUT2D eigenvalue weighted by Crippen LogP contribution is 2.25. The van der Waals surface area contributed by atoms with Crippen molar-refractivity contribution in [1.82, 2.24) is 4.98 Å². The maximum atomic E-state index is 12.9. The third-order valence-electron chi connectivity index (χ3n) is 2.46. The number of ether oxygens (including phenoxy) is 1. The summed E-state index contributed by atoms with van der Waals surface area (Å²) in [5.41, 5.74) is 2.17. The topological polar surface area (TPSA) is 22.1 Å². The van der Waals surface area contributed by atoms with E-state index in [0.29, 0.717) is 5.75 Å². The normalized spacial score (nSPS) is 10.2. The van der Waals surface area contributed by atoms with Gasteiger partial charge in [-0.1, -0.05) is 18.2 Å². The molecule has 0 bridgehead atoms. The van der Waals surface area contributed by atoms with E-state index in [2.05, 4.69) is 4.98 Å². The maximum Gasteiger partial charge on any atom is 0.221 e. The van der Waals surface area contributed by atoms with Crippen LogP contribution in [0.3, 0.4) is 0 Å². The van der Waals surface area contributed by atoms with E-state index in [9.17, 15) is 4.39 Å². The van der Waals surface area contributed by atoms with Gasteiger partial charge in [0.25, 0.3) is 0 Å². The van der Waals surface area contributed by atoms with E-state index in [1.165, 1.54) is 6.07 Å². The molecule has 0 fully saturated rings. The van der Waals surface area contributed by atoms with E-state index in [4.69, 9.17) is 4.74 Å². The van der Waals surface area contributed by atoms with Crippen LogP contribution in [-0.2, 0) is 0 Å². The quantitative estimate of drug-likeness (QED) is 0.716. The van der Waals surface area contributed by atoms with Crippen molar-refractivity contribution in [3.05, 3.63) is 53.5 Å². The first-order valence-corrected chi connectivity index (χ1v) is 5.03. The van der Waals surface area contributed by atoms with E-state index in [0.717, 1.165) is 11.1 Å². The Labute approximate surface area is 93.7 Å². The minimum Gasteiger partial charge on any atom is -0.439 e. The van der Waals surface area contributed by atoms with Gasteiger partial charge in [-0.2, -0.15) is 9.37 Å². The summed E-state index contributed by atoms with van der Waals surface area (Å²) >= 11 is 0. The summed E-state index contributed by atoms with van der Waals surface area (Å²) in [6.07, 6.45) is 0. The monoisotopic (exact) mass is 217 g/mol. The second kappa shape index (κ2) is 4.31. The van der Waals surface area contributed by atoms with Crippen LogP contribution in [0.25, 0.3) is 0 Å². The molecule has 1 aromatic carbocycles. The van der Waals surface area contributed by atoms with Gasteiger partial charge >= 0.3 is 0 Å². The molecule has 2 nitrogen and oxygen atoms in total. The predicted molar refractivity (Wildman–Crippen MR) is 60.2 cm³/mol. The fourth-order valence-electron chi connectivity index (χ4n) is 1.39. The Hall–Kier alpha value is -1.90. The van der Waals surface area contributed by atoms with Crippen LogP contribution in [0.4, 0.5) is 4.39 Å². The summed E-state index contributed by atoms with van der Waals surface area (Å²) in [7, 11) is 0. The van der Waals surface area contributed by atoms with Crippen molar-refractivity contribution in [2.75, 3.05) is 0 Å². The van der Waals surface area contributed by atoms with E-state index in [1.54, 1.807) is 12.1 Å². The SMILES string of the molecule is Cc1cccc(Oc2cccc(F)n2)c1C. The predicted octanol–water partition coefficient (Wildman–Crippen LogP) is 3.63. The van der Waals surface area contributed by atoms with Crippen molar-refractivity contribution in [2.45, 2.75) is 13.8 Å². The first-order chi connectivity index (χ1) is 7.66. The Balaban J connectivity index is 2.31. The second-order valence-electron chi connectivity index (χ2n) is 3.60. The van der Waals surface area contributed by atoms with Crippen LogP contribution in [0.15, 0.2) is 36.4 Å². The Morgan fingerprint density at radius 1 is 1.06 bits per heavy atom. The maximum absolute atomic E-state index is 12.9. The number of hydrogen-bond donors (Lipinski definition) is 0. The van der Waals surface area contributed by atoms with Crippen molar-refractivity contribution in [3.63, 3.8) is 0 Å². The molecule has 2 aromatic rings.